The monoisotopic (exact) mass is 263 g/mol. The van der Waals surface area contributed by atoms with Gasteiger partial charge in [0.15, 0.2) is 0 Å². The van der Waals surface area contributed by atoms with Gasteiger partial charge in [0.25, 0.3) is 5.56 Å². The van der Waals surface area contributed by atoms with Crippen LogP contribution in [0.3, 0.4) is 0 Å². The predicted octanol–water partition coefficient (Wildman–Crippen LogP) is 2.08. The first-order valence-corrected chi connectivity index (χ1v) is 6.49. The fourth-order valence-electron chi connectivity index (χ4n) is 1.96. The maximum absolute atomic E-state index is 11.9. The van der Waals surface area contributed by atoms with Crippen LogP contribution in [0.15, 0.2) is 23.0 Å². The van der Waals surface area contributed by atoms with Crippen LogP contribution >= 0.6 is 11.6 Å². The number of hydrogen-bond donors (Lipinski definition) is 2. The Kier molecular flexibility index (Phi) is 3.06. The van der Waals surface area contributed by atoms with Crippen molar-refractivity contribution in [1.82, 2.24) is 15.3 Å². The maximum Gasteiger partial charge on any atom is 0.258 e. The molecule has 0 spiro atoms. The van der Waals surface area contributed by atoms with Gasteiger partial charge in [0.05, 0.1) is 17.4 Å². The molecule has 94 valence electrons. The molecule has 0 saturated heterocycles. The Morgan fingerprint density at radius 3 is 3.06 bits per heavy atom. The van der Waals surface area contributed by atoms with Gasteiger partial charge in [0.2, 0.25) is 0 Å². The highest BCUT2D eigenvalue weighted by Gasteiger charge is 2.20. The van der Waals surface area contributed by atoms with E-state index in [0.29, 0.717) is 28.3 Å². The van der Waals surface area contributed by atoms with Crippen LogP contribution in [0.4, 0.5) is 0 Å². The van der Waals surface area contributed by atoms with E-state index in [-0.39, 0.29) is 5.56 Å². The van der Waals surface area contributed by atoms with E-state index in [1.54, 1.807) is 18.2 Å². The molecule has 5 heteroatoms. The fraction of sp³-hybridized carbons (Fsp3) is 0.385. The number of nitrogens with one attached hydrogen (secondary N) is 2. The lowest BCUT2D eigenvalue weighted by atomic mass is 10.2. The van der Waals surface area contributed by atoms with Crippen LogP contribution in [0.2, 0.25) is 5.02 Å². The van der Waals surface area contributed by atoms with E-state index in [9.17, 15) is 4.79 Å². The second kappa shape index (κ2) is 4.71. The Balaban J connectivity index is 1.85. The lowest BCUT2D eigenvalue weighted by molar-refractivity contribution is 0.619. The average Bonchev–Trinajstić information content (AvgIpc) is 3.12. The van der Waals surface area contributed by atoms with Gasteiger partial charge in [-0.1, -0.05) is 11.6 Å². The lowest BCUT2D eigenvalue weighted by Crippen LogP contribution is -2.21. The van der Waals surface area contributed by atoms with Gasteiger partial charge in [-0.15, -0.1) is 0 Å². The molecule has 1 aromatic heterocycles. The number of aromatic nitrogens is 2. The normalized spacial score (nSPS) is 15.2. The molecule has 4 nitrogen and oxygen atoms in total. The molecule has 2 N–H and O–H groups in total. The second-order valence-corrected chi connectivity index (χ2v) is 5.18. The number of hydrogen-bond acceptors (Lipinski definition) is 3. The standard InChI is InChI=1S/C13H14ClN3O/c14-9-3-4-10-11(5-9)16-12(17-13(10)18)7-15-6-8-1-2-8/h3-5,8,15H,1-2,6-7H2,(H,16,17,18). The highest BCUT2D eigenvalue weighted by molar-refractivity contribution is 6.31. The smallest absolute Gasteiger partial charge is 0.258 e. The SMILES string of the molecule is O=c1[nH]c(CNCC2CC2)nc2cc(Cl)ccc12. The zero-order valence-corrected chi connectivity index (χ0v) is 10.6. The van der Waals surface area contributed by atoms with Gasteiger partial charge in [-0.2, -0.15) is 0 Å². The number of halogens is 1. The van der Waals surface area contributed by atoms with Gasteiger partial charge in [-0.25, -0.2) is 4.98 Å². The van der Waals surface area contributed by atoms with Crippen molar-refractivity contribution in [3.63, 3.8) is 0 Å². The average molecular weight is 264 g/mol. The first-order valence-electron chi connectivity index (χ1n) is 6.11. The molecule has 0 unspecified atom stereocenters. The Hall–Kier alpha value is -1.39. The Morgan fingerprint density at radius 2 is 2.28 bits per heavy atom. The Morgan fingerprint density at radius 1 is 1.44 bits per heavy atom. The number of rotatable bonds is 4. The Labute approximate surface area is 109 Å². The van der Waals surface area contributed by atoms with Crippen LogP contribution < -0.4 is 10.9 Å². The van der Waals surface area contributed by atoms with Crippen molar-refractivity contribution in [2.24, 2.45) is 5.92 Å². The van der Waals surface area contributed by atoms with Crippen molar-refractivity contribution in [3.05, 3.63) is 39.4 Å². The molecule has 3 rings (SSSR count). The lowest BCUT2D eigenvalue weighted by Gasteiger charge is -2.04. The van der Waals surface area contributed by atoms with Gasteiger partial charge in [-0.05, 0) is 43.5 Å². The second-order valence-electron chi connectivity index (χ2n) is 4.75. The number of fused-ring (bicyclic) bond motifs is 1. The summed E-state index contributed by atoms with van der Waals surface area (Å²) in [6.45, 7) is 1.59. The zero-order valence-electron chi connectivity index (χ0n) is 9.87. The van der Waals surface area contributed by atoms with Gasteiger partial charge < -0.3 is 10.3 Å². The summed E-state index contributed by atoms with van der Waals surface area (Å²) in [5.41, 5.74) is 0.536. The van der Waals surface area contributed by atoms with Gasteiger partial charge in [-0.3, -0.25) is 4.79 Å². The molecule has 2 aromatic rings. The molecule has 0 amide bonds. The van der Waals surface area contributed by atoms with Crippen LogP contribution in [0, 0.1) is 5.92 Å². The number of benzene rings is 1. The van der Waals surface area contributed by atoms with Gasteiger partial charge in [0.1, 0.15) is 5.82 Å². The molecule has 1 aliphatic carbocycles. The van der Waals surface area contributed by atoms with Crippen molar-refractivity contribution in [2.45, 2.75) is 19.4 Å². The third-order valence-electron chi connectivity index (χ3n) is 3.14. The summed E-state index contributed by atoms with van der Waals surface area (Å²) in [6, 6.07) is 5.12. The molecule has 1 saturated carbocycles. The molecule has 0 aliphatic heterocycles. The maximum atomic E-state index is 11.9. The molecule has 0 bridgehead atoms. The minimum Gasteiger partial charge on any atom is -0.310 e. The minimum absolute atomic E-state index is 0.111. The summed E-state index contributed by atoms with van der Waals surface area (Å²) in [7, 11) is 0. The number of aromatic amines is 1. The van der Waals surface area contributed by atoms with Gasteiger partial charge >= 0.3 is 0 Å². The topological polar surface area (TPSA) is 57.8 Å². The summed E-state index contributed by atoms with van der Waals surface area (Å²) in [5, 5.41) is 4.47. The summed E-state index contributed by atoms with van der Waals surface area (Å²) in [4.78, 5) is 19.1. The minimum atomic E-state index is -0.111. The van der Waals surface area contributed by atoms with E-state index in [0.717, 1.165) is 12.5 Å². The molecule has 1 heterocycles. The first-order chi connectivity index (χ1) is 8.72. The van der Waals surface area contributed by atoms with Crippen molar-refractivity contribution < 1.29 is 0 Å². The molecule has 0 radical (unpaired) electrons. The van der Waals surface area contributed by atoms with E-state index >= 15 is 0 Å². The number of nitrogens with zero attached hydrogens (tertiary/aromatic N) is 1. The van der Waals surface area contributed by atoms with Crippen molar-refractivity contribution in [1.29, 1.82) is 0 Å². The van der Waals surface area contributed by atoms with Crippen LogP contribution in [-0.4, -0.2) is 16.5 Å². The molecular weight excluding hydrogens is 250 g/mol. The quantitative estimate of drug-likeness (QED) is 0.888. The molecule has 18 heavy (non-hydrogen) atoms. The van der Waals surface area contributed by atoms with Crippen LogP contribution in [0.5, 0.6) is 0 Å². The van der Waals surface area contributed by atoms with Crippen LogP contribution in [0.25, 0.3) is 10.9 Å². The Bertz CT molecular complexity index is 634. The third-order valence-corrected chi connectivity index (χ3v) is 3.38. The fourth-order valence-corrected chi connectivity index (χ4v) is 2.13. The largest absolute Gasteiger partial charge is 0.310 e. The van der Waals surface area contributed by atoms with E-state index in [1.807, 2.05) is 0 Å². The van der Waals surface area contributed by atoms with Crippen molar-refractivity contribution >= 4 is 22.5 Å². The zero-order chi connectivity index (χ0) is 12.5. The molecule has 1 aromatic carbocycles. The van der Waals surface area contributed by atoms with E-state index < -0.39 is 0 Å². The predicted molar refractivity (Wildman–Crippen MR) is 71.8 cm³/mol. The molecule has 1 aliphatic rings. The van der Waals surface area contributed by atoms with Crippen LogP contribution in [-0.2, 0) is 6.54 Å². The van der Waals surface area contributed by atoms with Crippen molar-refractivity contribution in [3.8, 4) is 0 Å². The summed E-state index contributed by atoms with van der Waals surface area (Å²) in [6.07, 6.45) is 2.62. The summed E-state index contributed by atoms with van der Waals surface area (Å²) >= 11 is 5.91. The third kappa shape index (κ3) is 2.54. The van der Waals surface area contributed by atoms with Gasteiger partial charge in [0, 0.05) is 5.02 Å². The first kappa shape index (κ1) is 11.7. The molecular formula is C13H14ClN3O. The van der Waals surface area contributed by atoms with E-state index in [1.165, 1.54) is 12.8 Å². The molecule has 1 fully saturated rings. The summed E-state index contributed by atoms with van der Waals surface area (Å²) in [5.74, 6) is 1.47. The van der Waals surface area contributed by atoms with Crippen molar-refractivity contribution in [2.75, 3.05) is 6.54 Å². The molecule has 0 atom stereocenters. The number of H-pyrrole nitrogens is 1. The van der Waals surface area contributed by atoms with Crippen LogP contribution in [0.1, 0.15) is 18.7 Å². The highest BCUT2D eigenvalue weighted by atomic mass is 35.5. The summed E-state index contributed by atoms with van der Waals surface area (Å²) < 4.78 is 0. The van der Waals surface area contributed by atoms with E-state index in [2.05, 4.69) is 15.3 Å². The van der Waals surface area contributed by atoms with E-state index in [4.69, 9.17) is 11.6 Å². The highest BCUT2D eigenvalue weighted by Crippen LogP contribution is 2.27.